The van der Waals surface area contributed by atoms with E-state index >= 15 is 0 Å². The van der Waals surface area contributed by atoms with Gasteiger partial charge in [-0.1, -0.05) is 35.9 Å². The number of carbonyl (C=O) groups excluding carboxylic acids is 1. The van der Waals surface area contributed by atoms with Gasteiger partial charge in [-0.05, 0) is 35.4 Å². The highest BCUT2D eigenvalue weighted by molar-refractivity contribution is 6.31. The fraction of sp³-hybridized carbons (Fsp3) is 0.182. The third-order valence-corrected chi connectivity index (χ3v) is 4.81. The molecule has 9 heteroatoms. The Morgan fingerprint density at radius 1 is 1.13 bits per heavy atom. The van der Waals surface area contributed by atoms with Gasteiger partial charge in [-0.25, -0.2) is 0 Å². The predicted molar refractivity (Wildman–Crippen MR) is 112 cm³/mol. The number of carbonyl (C=O) groups is 1. The topological polar surface area (TPSA) is 69.6 Å². The summed E-state index contributed by atoms with van der Waals surface area (Å²) in [4.78, 5) is 24.7. The maximum Gasteiger partial charge on any atom is 0.387 e. The zero-order chi connectivity index (χ0) is 22.4. The number of benzene rings is 2. The minimum absolute atomic E-state index is 0.0979. The molecule has 0 radical (unpaired) electrons. The van der Waals surface area contributed by atoms with Crippen molar-refractivity contribution in [2.45, 2.75) is 19.7 Å². The van der Waals surface area contributed by atoms with Gasteiger partial charge in [0.05, 0.1) is 19.2 Å². The number of aromatic nitrogens is 1. The molecular formula is C22H19ClF2N2O4. The van der Waals surface area contributed by atoms with Crippen molar-refractivity contribution in [2.75, 3.05) is 7.11 Å². The predicted octanol–water partition coefficient (Wildman–Crippen LogP) is 4.09. The first-order chi connectivity index (χ1) is 14.9. The van der Waals surface area contributed by atoms with E-state index in [1.807, 2.05) is 6.07 Å². The molecule has 0 spiro atoms. The van der Waals surface area contributed by atoms with E-state index in [-0.39, 0.29) is 35.7 Å². The molecule has 3 rings (SSSR count). The summed E-state index contributed by atoms with van der Waals surface area (Å²) in [7, 11) is 1.33. The number of hydrogen-bond donors (Lipinski definition) is 1. The van der Waals surface area contributed by atoms with Gasteiger partial charge in [0, 0.05) is 23.8 Å². The van der Waals surface area contributed by atoms with E-state index in [2.05, 4.69) is 10.1 Å². The fourth-order valence-corrected chi connectivity index (χ4v) is 3.09. The largest absolute Gasteiger partial charge is 0.493 e. The van der Waals surface area contributed by atoms with Gasteiger partial charge >= 0.3 is 6.61 Å². The lowest BCUT2D eigenvalue weighted by atomic mass is 10.2. The Bertz CT molecular complexity index is 1130. The summed E-state index contributed by atoms with van der Waals surface area (Å²) < 4.78 is 35.7. The Labute approximate surface area is 182 Å². The summed E-state index contributed by atoms with van der Waals surface area (Å²) in [5.41, 5.74) is 1.39. The first kappa shape index (κ1) is 22.3. The molecule has 0 unspecified atom stereocenters. The molecule has 0 saturated heterocycles. The summed E-state index contributed by atoms with van der Waals surface area (Å²) in [5, 5.41) is 3.25. The van der Waals surface area contributed by atoms with Crippen molar-refractivity contribution in [1.82, 2.24) is 9.88 Å². The Kier molecular flexibility index (Phi) is 7.25. The molecule has 0 fully saturated rings. The van der Waals surface area contributed by atoms with E-state index in [1.54, 1.807) is 24.3 Å². The van der Waals surface area contributed by atoms with Crippen LogP contribution >= 0.6 is 11.6 Å². The second-order valence-corrected chi connectivity index (χ2v) is 6.93. The molecule has 6 nitrogen and oxygen atoms in total. The molecule has 0 aliphatic rings. The summed E-state index contributed by atoms with van der Waals surface area (Å²) in [6.07, 6.45) is 1.46. The second kappa shape index (κ2) is 10.1. The smallest absolute Gasteiger partial charge is 0.387 e. The number of nitrogens with zero attached hydrogens (tertiary/aromatic N) is 1. The molecule has 3 aromatic rings. The zero-order valence-corrected chi connectivity index (χ0v) is 17.2. The lowest BCUT2D eigenvalue weighted by Gasteiger charge is -2.12. The summed E-state index contributed by atoms with van der Waals surface area (Å²) in [6.45, 7) is -2.63. The molecule has 0 aliphatic heterocycles. The molecule has 0 bridgehead atoms. The maximum absolute atomic E-state index is 12.6. The van der Waals surface area contributed by atoms with Crippen molar-refractivity contribution < 1.29 is 23.0 Å². The summed E-state index contributed by atoms with van der Waals surface area (Å²) in [6, 6.07) is 14.3. The van der Waals surface area contributed by atoms with Gasteiger partial charge in [0.25, 0.3) is 11.5 Å². The van der Waals surface area contributed by atoms with Crippen LogP contribution in [0, 0.1) is 0 Å². The standard InChI is InChI=1S/C22H19ClF2N2O4/c1-30-19-10-14(6-8-18(19)31-22(24)25)11-26-21(29)16-7-9-20(28)27(13-16)12-15-4-2-3-5-17(15)23/h2-10,13,22H,11-12H2,1H3,(H,26,29). The number of halogens is 3. The number of rotatable bonds is 8. The number of pyridine rings is 1. The average Bonchev–Trinajstić information content (AvgIpc) is 2.75. The van der Waals surface area contributed by atoms with E-state index in [9.17, 15) is 18.4 Å². The van der Waals surface area contributed by atoms with E-state index < -0.39 is 12.5 Å². The van der Waals surface area contributed by atoms with Crippen LogP contribution in [-0.2, 0) is 13.1 Å². The normalized spacial score (nSPS) is 10.7. The summed E-state index contributed by atoms with van der Waals surface area (Å²) in [5.74, 6) is -0.376. The van der Waals surface area contributed by atoms with Crippen LogP contribution in [0.5, 0.6) is 11.5 Å². The quantitative estimate of drug-likeness (QED) is 0.563. The van der Waals surface area contributed by atoms with Gasteiger partial charge in [-0.3, -0.25) is 9.59 Å². The monoisotopic (exact) mass is 448 g/mol. The Morgan fingerprint density at radius 2 is 1.90 bits per heavy atom. The third kappa shape index (κ3) is 5.82. The highest BCUT2D eigenvalue weighted by atomic mass is 35.5. The average molecular weight is 449 g/mol. The molecule has 1 aromatic heterocycles. The molecule has 0 saturated carbocycles. The van der Waals surface area contributed by atoms with Crippen molar-refractivity contribution in [2.24, 2.45) is 0 Å². The van der Waals surface area contributed by atoms with Crippen LogP contribution in [0.3, 0.4) is 0 Å². The van der Waals surface area contributed by atoms with Gasteiger partial charge in [-0.2, -0.15) is 8.78 Å². The lowest BCUT2D eigenvalue weighted by Crippen LogP contribution is -2.26. The molecular weight excluding hydrogens is 430 g/mol. The Hall–Kier alpha value is -3.39. The first-order valence-electron chi connectivity index (χ1n) is 9.21. The number of amides is 1. The Balaban J connectivity index is 1.71. The van der Waals surface area contributed by atoms with Crippen LogP contribution in [0.1, 0.15) is 21.5 Å². The van der Waals surface area contributed by atoms with Crippen LogP contribution < -0.4 is 20.3 Å². The van der Waals surface area contributed by atoms with Crippen molar-refractivity contribution in [3.8, 4) is 11.5 Å². The van der Waals surface area contributed by atoms with E-state index in [0.29, 0.717) is 10.6 Å². The Morgan fingerprint density at radius 3 is 2.61 bits per heavy atom. The molecule has 31 heavy (non-hydrogen) atoms. The number of nitrogens with one attached hydrogen (secondary N) is 1. The van der Waals surface area contributed by atoms with Crippen LogP contribution in [0.25, 0.3) is 0 Å². The molecule has 1 N–H and O–H groups in total. The molecule has 0 aliphatic carbocycles. The van der Waals surface area contributed by atoms with Crippen LogP contribution in [-0.4, -0.2) is 24.2 Å². The number of methoxy groups -OCH3 is 1. The molecule has 162 valence electrons. The molecule has 0 atom stereocenters. The van der Waals surface area contributed by atoms with Gasteiger partial charge in [0.1, 0.15) is 0 Å². The maximum atomic E-state index is 12.6. The van der Waals surface area contributed by atoms with Crippen LogP contribution in [0.15, 0.2) is 65.6 Å². The van der Waals surface area contributed by atoms with E-state index in [0.717, 1.165) is 5.56 Å². The number of alkyl halides is 2. The minimum atomic E-state index is -2.97. The van der Waals surface area contributed by atoms with Crippen molar-refractivity contribution in [3.05, 3.63) is 92.9 Å². The van der Waals surface area contributed by atoms with Crippen LogP contribution in [0.4, 0.5) is 8.78 Å². The zero-order valence-electron chi connectivity index (χ0n) is 16.5. The van der Waals surface area contributed by atoms with Crippen molar-refractivity contribution >= 4 is 17.5 Å². The first-order valence-corrected chi connectivity index (χ1v) is 9.59. The molecule has 1 heterocycles. The summed E-state index contributed by atoms with van der Waals surface area (Å²) >= 11 is 6.15. The third-order valence-electron chi connectivity index (χ3n) is 4.44. The van der Waals surface area contributed by atoms with Crippen LogP contribution in [0.2, 0.25) is 5.02 Å². The number of hydrogen-bond acceptors (Lipinski definition) is 4. The van der Waals surface area contributed by atoms with Gasteiger partial charge in [-0.15, -0.1) is 0 Å². The molecule has 1 amide bonds. The molecule has 2 aromatic carbocycles. The highest BCUT2D eigenvalue weighted by Gasteiger charge is 2.13. The lowest BCUT2D eigenvalue weighted by molar-refractivity contribution is -0.0512. The fourth-order valence-electron chi connectivity index (χ4n) is 2.90. The minimum Gasteiger partial charge on any atom is -0.493 e. The van der Waals surface area contributed by atoms with Gasteiger partial charge < -0.3 is 19.4 Å². The van der Waals surface area contributed by atoms with Gasteiger partial charge in [0.15, 0.2) is 11.5 Å². The van der Waals surface area contributed by atoms with Crippen molar-refractivity contribution in [1.29, 1.82) is 0 Å². The van der Waals surface area contributed by atoms with E-state index in [4.69, 9.17) is 16.3 Å². The van der Waals surface area contributed by atoms with E-state index in [1.165, 1.54) is 42.1 Å². The van der Waals surface area contributed by atoms with Crippen molar-refractivity contribution in [3.63, 3.8) is 0 Å². The highest BCUT2D eigenvalue weighted by Crippen LogP contribution is 2.29. The SMILES string of the molecule is COc1cc(CNC(=O)c2ccc(=O)n(Cc3ccccc3Cl)c2)ccc1OC(F)F. The second-order valence-electron chi connectivity index (χ2n) is 6.52. The van der Waals surface area contributed by atoms with Gasteiger partial charge in [0.2, 0.25) is 0 Å². The number of ether oxygens (including phenoxy) is 2.